The summed E-state index contributed by atoms with van der Waals surface area (Å²) in [5.41, 5.74) is -1.76. The number of esters is 1. The summed E-state index contributed by atoms with van der Waals surface area (Å²) in [5.74, 6) is -1.34. The summed E-state index contributed by atoms with van der Waals surface area (Å²) in [6.45, 7) is 8.01. The highest BCUT2D eigenvalue weighted by Gasteiger charge is 2.43. The summed E-state index contributed by atoms with van der Waals surface area (Å²) in [4.78, 5) is 62.7. The molecule has 0 saturated carbocycles. The highest BCUT2D eigenvalue weighted by Crippen LogP contribution is 2.28. The smallest absolute Gasteiger partial charge is 0.407 e. The Hall–Kier alpha value is -3.15. The normalized spacial score (nSPS) is 21.8. The van der Waals surface area contributed by atoms with Crippen LogP contribution in [0.2, 0.25) is 0 Å². The highest BCUT2D eigenvalue weighted by molar-refractivity contribution is 5.87. The number of hydrogen-bond acceptors (Lipinski definition) is 8. The van der Waals surface area contributed by atoms with Gasteiger partial charge in [0.05, 0.1) is 13.2 Å². The van der Waals surface area contributed by atoms with Gasteiger partial charge in [-0.2, -0.15) is 0 Å². The second-order valence-corrected chi connectivity index (χ2v) is 8.23. The predicted octanol–water partition coefficient (Wildman–Crippen LogP) is -0.296. The first-order valence-corrected chi connectivity index (χ1v) is 9.67. The molecule has 1 aromatic rings. The van der Waals surface area contributed by atoms with Crippen molar-refractivity contribution in [1.29, 1.82) is 0 Å². The molecule has 172 valence electrons. The lowest BCUT2D eigenvalue weighted by Gasteiger charge is -2.24. The van der Waals surface area contributed by atoms with Crippen LogP contribution in [0.4, 0.5) is 4.79 Å². The molecule has 12 heteroatoms. The maximum absolute atomic E-state index is 12.8. The molecule has 1 saturated heterocycles. The lowest BCUT2D eigenvalue weighted by Crippen LogP contribution is -2.52. The Balaban J connectivity index is 2.28. The number of hydrogen-bond donors (Lipinski definition) is 3. The first kappa shape index (κ1) is 24.1. The minimum atomic E-state index is -1.23. The van der Waals surface area contributed by atoms with Gasteiger partial charge >= 0.3 is 17.8 Å². The van der Waals surface area contributed by atoms with Crippen molar-refractivity contribution in [1.82, 2.24) is 20.2 Å². The number of nitrogens with one attached hydrogen (secondary N) is 3. The molecule has 0 radical (unpaired) electrons. The number of aryl methyl sites for hydroxylation is 1. The monoisotopic (exact) mass is 440 g/mol. The Bertz CT molecular complexity index is 961. The summed E-state index contributed by atoms with van der Waals surface area (Å²) in [6.07, 6.45) is -1.61. The van der Waals surface area contributed by atoms with Gasteiger partial charge in [0.15, 0.2) is 6.10 Å². The van der Waals surface area contributed by atoms with Crippen molar-refractivity contribution in [2.45, 2.75) is 71.1 Å². The zero-order valence-corrected chi connectivity index (χ0v) is 18.3. The topological polar surface area (TPSA) is 158 Å². The number of aromatic nitrogens is 2. The molecule has 3 N–H and O–H groups in total. The van der Waals surface area contributed by atoms with Crippen molar-refractivity contribution in [3.63, 3.8) is 0 Å². The second-order valence-electron chi connectivity index (χ2n) is 8.23. The van der Waals surface area contributed by atoms with Gasteiger partial charge in [0, 0.05) is 18.2 Å². The number of amides is 2. The second kappa shape index (κ2) is 9.33. The number of carbonyl (C=O) groups excluding carboxylic acids is 3. The van der Waals surface area contributed by atoms with E-state index in [9.17, 15) is 24.0 Å². The van der Waals surface area contributed by atoms with Crippen LogP contribution in [-0.4, -0.2) is 58.4 Å². The Labute approximate surface area is 178 Å². The van der Waals surface area contributed by atoms with Crippen LogP contribution in [0, 0.1) is 6.92 Å². The van der Waals surface area contributed by atoms with E-state index in [1.165, 1.54) is 27.2 Å². The van der Waals surface area contributed by atoms with Gasteiger partial charge < -0.3 is 24.8 Å². The van der Waals surface area contributed by atoms with Crippen molar-refractivity contribution in [2.24, 2.45) is 0 Å². The number of H-pyrrole nitrogens is 1. The van der Waals surface area contributed by atoms with Gasteiger partial charge in [-0.25, -0.2) is 14.4 Å². The molecule has 12 nitrogen and oxygen atoms in total. The third kappa shape index (κ3) is 6.17. The largest absolute Gasteiger partial charge is 0.467 e. The number of rotatable bonds is 5. The molecule has 1 aliphatic rings. The standard InChI is InChI=1S/C19H28N4O8/c1-9-8-23(17(27)22-14(9)24)12-7-11(21-18(28)31-19(3,4)5)13(30-12)15(25)20-10(2)16(26)29-6/h8,10-13H,7H2,1-6H3,(H,20,25)(H,21,28)(H,22,24,27)/t10-,11-,12+,13-/m0/s1. The minimum absolute atomic E-state index is 0.0370. The van der Waals surface area contributed by atoms with Gasteiger partial charge in [0.25, 0.3) is 11.5 Å². The molecule has 2 amide bonds. The fraction of sp³-hybridized carbons (Fsp3) is 0.632. The van der Waals surface area contributed by atoms with E-state index >= 15 is 0 Å². The quantitative estimate of drug-likeness (QED) is 0.527. The Morgan fingerprint density at radius 2 is 1.94 bits per heavy atom. The van der Waals surface area contributed by atoms with Gasteiger partial charge in [-0.3, -0.25) is 19.1 Å². The number of ether oxygens (including phenoxy) is 3. The number of aromatic amines is 1. The number of methoxy groups -OCH3 is 1. The lowest BCUT2D eigenvalue weighted by atomic mass is 10.1. The average Bonchev–Trinajstić information content (AvgIpc) is 3.05. The Morgan fingerprint density at radius 3 is 2.52 bits per heavy atom. The van der Waals surface area contributed by atoms with E-state index in [2.05, 4.69) is 20.4 Å². The van der Waals surface area contributed by atoms with E-state index in [-0.39, 0.29) is 12.0 Å². The molecule has 0 unspecified atom stereocenters. The molecule has 1 aromatic heterocycles. The van der Waals surface area contributed by atoms with Gasteiger partial charge in [0.1, 0.15) is 17.9 Å². The molecule has 31 heavy (non-hydrogen) atoms. The van der Waals surface area contributed by atoms with Crippen molar-refractivity contribution in [3.05, 3.63) is 32.6 Å². The van der Waals surface area contributed by atoms with Crippen LogP contribution >= 0.6 is 0 Å². The molecule has 4 atom stereocenters. The van der Waals surface area contributed by atoms with Crippen LogP contribution in [0.25, 0.3) is 0 Å². The molecule has 1 aliphatic heterocycles. The zero-order chi connectivity index (χ0) is 23.5. The Kier molecular flexibility index (Phi) is 7.26. The molecular weight excluding hydrogens is 412 g/mol. The number of carbonyl (C=O) groups is 3. The molecule has 0 aliphatic carbocycles. The molecule has 0 spiro atoms. The van der Waals surface area contributed by atoms with E-state index < -0.39 is 59.2 Å². The molecular formula is C19H28N4O8. The lowest BCUT2D eigenvalue weighted by molar-refractivity contribution is -0.147. The van der Waals surface area contributed by atoms with Crippen LogP contribution < -0.4 is 21.9 Å². The van der Waals surface area contributed by atoms with Crippen molar-refractivity contribution in [3.8, 4) is 0 Å². The van der Waals surface area contributed by atoms with E-state index in [1.807, 2.05) is 0 Å². The highest BCUT2D eigenvalue weighted by atomic mass is 16.6. The van der Waals surface area contributed by atoms with Gasteiger partial charge in [-0.05, 0) is 34.6 Å². The fourth-order valence-electron chi connectivity index (χ4n) is 3.01. The van der Waals surface area contributed by atoms with E-state index in [1.54, 1.807) is 20.8 Å². The summed E-state index contributed by atoms with van der Waals surface area (Å²) < 4.78 is 16.7. The maximum atomic E-state index is 12.8. The summed E-state index contributed by atoms with van der Waals surface area (Å²) in [7, 11) is 1.19. The van der Waals surface area contributed by atoms with Crippen LogP contribution in [-0.2, 0) is 23.8 Å². The van der Waals surface area contributed by atoms with E-state index in [0.29, 0.717) is 0 Å². The fourth-order valence-corrected chi connectivity index (χ4v) is 3.01. The van der Waals surface area contributed by atoms with Gasteiger partial charge in [0.2, 0.25) is 0 Å². The minimum Gasteiger partial charge on any atom is -0.467 e. The maximum Gasteiger partial charge on any atom is 0.407 e. The summed E-state index contributed by atoms with van der Waals surface area (Å²) in [5, 5.41) is 5.03. The molecule has 0 bridgehead atoms. The molecule has 0 aromatic carbocycles. The van der Waals surface area contributed by atoms with Crippen LogP contribution in [0.3, 0.4) is 0 Å². The Morgan fingerprint density at radius 1 is 1.29 bits per heavy atom. The molecule has 2 rings (SSSR count). The van der Waals surface area contributed by atoms with Crippen molar-refractivity contribution in [2.75, 3.05) is 7.11 Å². The van der Waals surface area contributed by atoms with Crippen molar-refractivity contribution >= 4 is 18.0 Å². The first-order valence-electron chi connectivity index (χ1n) is 9.67. The van der Waals surface area contributed by atoms with Crippen LogP contribution in [0.5, 0.6) is 0 Å². The van der Waals surface area contributed by atoms with E-state index in [4.69, 9.17) is 9.47 Å². The third-order valence-corrected chi connectivity index (χ3v) is 4.45. The van der Waals surface area contributed by atoms with Crippen LogP contribution in [0.1, 0.15) is 45.9 Å². The zero-order valence-electron chi connectivity index (χ0n) is 18.3. The third-order valence-electron chi connectivity index (χ3n) is 4.45. The average molecular weight is 440 g/mol. The number of nitrogens with zero attached hydrogens (tertiary/aromatic N) is 1. The SMILES string of the molecule is COC(=O)[C@H](C)NC(=O)[C@H]1O[C@@H](n2cc(C)c(=O)[nH]c2=O)C[C@@H]1NC(=O)OC(C)(C)C. The van der Waals surface area contributed by atoms with Gasteiger partial charge in [-0.1, -0.05) is 0 Å². The predicted molar refractivity (Wildman–Crippen MR) is 107 cm³/mol. The number of alkyl carbamates (subject to hydrolysis) is 1. The van der Waals surface area contributed by atoms with Crippen molar-refractivity contribution < 1.29 is 28.6 Å². The summed E-state index contributed by atoms with van der Waals surface area (Å²) in [6, 6.07) is -1.83. The van der Waals surface area contributed by atoms with E-state index in [0.717, 1.165) is 4.57 Å². The first-order chi connectivity index (χ1) is 14.3. The summed E-state index contributed by atoms with van der Waals surface area (Å²) >= 11 is 0. The van der Waals surface area contributed by atoms with Gasteiger partial charge in [-0.15, -0.1) is 0 Å². The van der Waals surface area contributed by atoms with Crippen LogP contribution in [0.15, 0.2) is 15.8 Å². The molecule has 2 heterocycles. The molecule has 1 fully saturated rings.